The Morgan fingerprint density at radius 3 is 2.00 bits per heavy atom. The Kier molecular flexibility index (Phi) is 7.60. The van der Waals surface area contributed by atoms with Crippen molar-refractivity contribution in [3.05, 3.63) is 0 Å². The molecule has 20 heavy (non-hydrogen) atoms. The molecule has 0 radical (unpaired) electrons. The third kappa shape index (κ3) is 5.45. The number of ketones is 2. The standard InChI is InChI=1S/C12H18O6P2/c13-9-5-3-1-2-4-6-10(14)12(20(17)18)11(8-7-9)19(15)16/h11-12H,1-8H2. The van der Waals surface area contributed by atoms with Gasteiger partial charge in [0.1, 0.15) is 5.78 Å². The van der Waals surface area contributed by atoms with Crippen molar-refractivity contribution < 1.29 is 28.5 Å². The molecule has 0 saturated heterocycles. The van der Waals surface area contributed by atoms with Gasteiger partial charge in [-0.1, -0.05) is 22.0 Å². The molecule has 0 spiro atoms. The molecule has 0 aromatic carbocycles. The average molecular weight is 320 g/mol. The van der Waals surface area contributed by atoms with Crippen LogP contribution in [-0.2, 0) is 18.7 Å². The van der Waals surface area contributed by atoms with Gasteiger partial charge in [-0.3, -0.25) is 9.59 Å². The van der Waals surface area contributed by atoms with E-state index in [9.17, 15) is 28.5 Å². The van der Waals surface area contributed by atoms with Gasteiger partial charge in [0.05, 0.1) is 0 Å². The third-order valence-corrected chi connectivity index (χ3v) is 5.98. The lowest BCUT2D eigenvalue weighted by molar-refractivity contribution is -0.173. The molecule has 1 fully saturated rings. The summed E-state index contributed by atoms with van der Waals surface area (Å²) in [5.74, 6) is -0.613. The van der Waals surface area contributed by atoms with Gasteiger partial charge in [-0.05, 0) is 12.8 Å². The van der Waals surface area contributed by atoms with Gasteiger partial charge in [0, 0.05) is 25.7 Å². The van der Waals surface area contributed by atoms with Crippen LogP contribution in [0.4, 0.5) is 0 Å². The van der Waals surface area contributed by atoms with E-state index in [1.165, 1.54) is 0 Å². The summed E-state index contributed by atoms with van der Waals surface area (Å²) in [5, 5.41) is 0. The van der Waals surface area contributed by atoms with Crippen LogP contribution < -0.4 is 9.79 Å². The SMILES string of the molecule is O=C1CCCCCCC(=O)C([P+](=O)[O-])C([P+](=O)[O-])CC1. The highest BCUT2D eigenvalue weighted by Gasteiger charge is 2.45. The molecule has 1 saturated carbocycles. The largest absolute Gasteiger partial charge is 0.595 e. The highest BCUT2D eigenvalue weighted by Crippen LogP contribution is 2.37. The number of rotatable bonds is 2. The van der Waals surface area contributed by atoms with Gasteiger partial charge in [0.15, 0.2) is 5.78 Å². The Morgan fingerprint density at radius 2 is 1.45 bits per heavy atom. The molecule has 4 unspecified atom stereocenters. The molecule has 112 valence electrons. The van der Waals surface area contributed by atoms with Gasteiger partial charge in [-0.2, -0.15) is 0 Å². The van der Waals surface area contributed by atoms with E-state index < -0.39 is 33.2 Å². The molecule has 0 aromatic rings. The lowest BCUT2D eigenvalue weighted by Crippen LogP contribution is -2.33. The van der Waals surface area contributed by atoms with Crippen LogP contribution in [0.15, 0.2) is 0 Å². The minimum absolute atomic E-state index is 0.0148. The Labute approximate surface area is 119 Å². The first kappa shape index (κ1) is 17.5. The fraction of sp³-hybridized carbons (Fsp3) is 0.833. The smallest absolute Gasteiger partial charge is 0.324 e. The highest BCUT2D eigenvalue weighted by atomic mass is 31.1. The zero-order valence-corrected chi connectivity index (χ0v) is 12.9. The molecule has 0 N–H and O–H groups in total. The average Bonchev–Trinajstić information content (AvgIpc) is 2.35. The van der Waals surface area contributed by atoms with Crippen LogP contribution in [0.5, 0.6) is 0 Å². The van der Waals surface area contributed by atoms with Crippen LogP contribution in [0, 0.1) is 0 Å². The van der Waals surface area contributed by atoms with Gasteiger partial charge >= 0.3 is 16.1 Å². The number of Topliss-reactive ketones (excluding diaryl/α,β-unsaturated/α-hetero) is 2. The molecule has 1 rings (SSSR count). The normalized spacial score (nSPS) is 28.3. The first-order valence-corrected chi connectivity index (χ1v) is 9.24. The zero-order chi connectivity index (χ0) is 15.1. The van der Waals surface area contributed by atoms with Crippen molar-refractivity contribution in [1.29, 1.82) is 0 Å². The van der Waals surface area contributed by atoms with Gasteiger partial charge in [0.25, 0.3) is 5.66 Å². The van der Waals surface area contributed by atoms with Crippen molar-refractivity contribution in [2.24, 2.45) is 0 Å². The molecule has 1 aliphatic rings. The Bertz CT molecular complexity index is 409. The van der Waals surface area contributed by atoms with Crippen LogP contribution >= 0.6 is 16.1 Å². The fourth-order valence-corrected chi connectivity index (χ4v) is 4.59. The van der Waals surface area contributed by atoms with E-state index in [2.05, 4.69) is 0 Å². The van der Waals surface area contributed by atoms with Crippen molar-refractivity contribution in [1.82, 2.24) is 0 Å². The van der Waals surface area contributed by atoms with Crippen LogP contribution in [0.3, 0.4) is 0 Å². The molecule has 6 nitrogen and oxygen atoms in total. The summed E-state index contributed by atoms with van der Waals surface area (Å²) in [4.78, 5) is 46.0. The molecule has 0 heterocycles. The summed E-state index contributed by atoms with van der Waals surface area (Å²) in [6.07, 6.45) is 3.25. The molecule has 0 aliphatic heterocycles. The van der Waals surface area contributed by atoms with Crippen LogP contribution in [-0.4, -0.2) is 22.9 Å². The maximum atomic E-state index is 11.9. The van der Waals surface area contributed by atoms with E-state index in [-0.39, 0.29) is 25.0 Å². The second-order valence-corrected chi connectivity index (χ2v) is 7.40. The van der Waals surface area contributed by atoms with Gasteiger partial charge in [0.2, 0.25) is 5.66 Å². The topological polar surface area (TPSA) is 114 Å². The van der Waals surface area contributed by atoms with Crippen molar-refractivity contribution in [2.45, 2.75) is 62.7 Å². The Hall–Kier alpha value is -0.540. The second kappa shape index (κ2) is 8.68. The summed E-state index contributed by atoms with van der Waals surface area (Å²) < 4.78 is 22.5. The molecular formula is C12H18O6P2. The zero-order valence-electron chi connectivity index (χ0n) is 11.2. The molecule has 1 aliphatic carbocycles. The van der Waals surface area contributed by atoms with E-state index in [1.54, 1.807) is 0 Å². The maximum Gasteiger partial charge on any atom is 0.324 e. The van der Waals surface area contributed by atoms with E-state index in [0.29, 0.717) is 12.8 Å². The van der Waals surface area contributed by atoms with E-state index in [0.717, 1.165) is 19.3 Å². The first-order valence-electron chi connectivity index (χ1n) is 6.75. The second-order valence-electron chi connectivity index (χ2n) is 5.04. The van der Waals surface area contributed by atoms with Crippen molar-refractivity contribution >= 4 is 27.6 Å². The summed E-state index contributed by atoms with van der Waals surface area (Å²) in [5.41, 5.74) is -2.78. The van der Waals surface area contributed by atoms with E-state index >= 15 is 0 Å². The first-order chi connectivity index (χ1) is 9.43. The van der Waals surface area contributed by atoms with Crippen LogP contribution in [0.1, 0.15) is 51.4 Å². The molecule has 8 heteroatoms. The quantitative estimate of drug-likeness (QED) is 0.706. The lowest BCUT2D eigenvalue weighted by atomic mass is 9.99. The van der Waals surface area contributed by atoms with Crippen LogP contribution in [0.25, 0.3) is 0 Å². The Morgan fingerprint density at radius 1 is 0.850 bits per heavy atom. The third-order valence-electron chi connectivity index (χ3n) is 3.54. The van der Waals surface area contributed by atoms with Crippen molar-refractivity contribution in [3.63, 3.8) is 0 Å². The predicted octanol–water partition coefficient (Wildman–Crippen LogP) is 1.20. The fourth-order valence-electron chi connectivity index (χ4n) is 2.41. The molecule has 4 atom stereocenters. The lowest BCUT2D eigenvalue weighted by Gasteiger charge is -2.14. The van der Waals surface area contributed by atoms with E-state index in [1.807, 2.05) is 0 Å². The Balaban J connectivity index is 2.91. The molecule has 0 bridgehead atoms. The van der Waals surface area contributed by atoms with Gasteiger partial charge in [-0.15, -0.1) is 0 Å². The number of carbonyl (C=O) groups excluding carboxylic acids is 2. The monoisotopic (exact) mass is 320 g/mol. The van der Waals surface area contributed by atoms with Crippen molar-refractivity contribution in [3.8, 4) is 0 Å². The molecule has 0 amide bonds. The van der Waals surface area contributed by atoms with E-state index in [4.69, 9.17) is 0 Å². The summed E-state index contributed by atoms with van der Waals surface area (Å²) in [7, 11) is -6.21. The minimum Gasteiger partial charge on any atom is -0.595 e. The summed E-state index contributed by atoms with van der Waals surface area (Å²) in [6.45, 7) is 0. The number of hydrogen-bond acceptors (Lipinski definition) is 6. The number of carbonyl (C=O) groups is 2. The summed E-state index contributed by atoms with van der Waals surface area (Å²) >= 11 is 0. The highest BCUT2D eigenvalue weighted by molar-refractivity contribution is 7.43. The van der Waals surface area contributed by atoms with Gasteiger partial charge < -0.3 is 9.79 Å². The number of hydrogen-bond donors (Lipinski definition) is 0. The maximum absolute atomic E-state index is 11.9. The molecule has 0 aromatic heterocycles. The minimum atomic E-state index is -3.15. The van der Waals surface area contributed by atoms with Crippen LogP contribution in [0.2, 0.25) is 0 Å². The predicted molar refractivity (Wildman–Crippen MR) is 69.7 cm³/mol. The molecular weight excluding hydrogens is 302 g/mol. The van der Waals surface area contributed by atoms with Crippen molar-refractivity contribution in [2.75, 3.05) is 0 Å². The summed E-state index contributed by atoms with van der Waals surface area (Å²) in [6, 6.07) is 0. The van der Waals surface area contributed by atoms with Gasteiger partial charge in [-0.25, -0.2) is 0 Å².